The fraction of sp³-hybridized carbons (Fsp3) is 0.0789. The van der Waals surface area contributed by atoms with Gasteiger partial charge in [0, 0.05) is 55.7 Å². The van der Waals surface area contributed by atoms with Crippen LogP contribution >= 0.6 is 0 Å². The molecule has 14 aromatic rings. The SMILES string of the molecule is CC1(C)c2cccc3c2-n2c4c1cc(-c1ccc(N(c5ccc6ccccc6c5)c5ccc6ccccc6c5)cc1)cc4c1cc(-c4ccc(N(c5ccc6ccccc6c5)c5ccc6ccccc6c5)cc4)cc(c12)C3(C)C. The highest BCUT2D eigenvalue weighted by Crippen LogP contribution is 2.57. The van der Waals surface area contributed by atoms with E-state index in [2.05, 4.69) is 303 Å². The van der Waals surface area contributed by atoms with Crippen molar-refractivity contribution in [1.29, 1.82) is 0 Å². The van der Waals surface area contributed by atoms with Gasteiger partial charge in [-0.05, 0) is 185 Å². The number of anilines is 6. The third kappa shape index (κ3) is 6.92. The Kier molecular flexibility index (Phi) is 9.73. The van der Waals surface area contributed by atoms with E-state index in [4.69, 9.17) is 0 Å². The first-order valence-electron chi connectivity index (χ1n) is 27.7. The second kappa shape index (κ2) is 16.9. The maximum Gasteiger partial charge on any atom is 0.0582 e. The Morgan fingerprint density at radius 2 is 0.557 bits per heavy atom. The summed E-state index contributed by atoms with van der Waals surface area (Å²) in [6, 6.07) is 97.4. The van der Waals surface area contributed by atoms with Crippen molar-refractivity contribution >= 4 is 99.0 Å². The van der Waals surface area contributed by atoms with Gasteiger partial charge in [0.1, 0.15) is 0 Å². The largest absolute Gasteiger partial charge is 0.310 e. The zero-order valence-electron chi connectivity index (χ0n) is 44.7. The van der Waals surface area contributed by atoms with Gasteiger partial charge in [0.05, 0.1) is 16.7 Å². The molecule has 0 atom stereocenters. The fourth-order valence-corrected chi connectivity index (χ4v) is 13.6. The van der Waals surface area contributed by atoms with Gasteiger partial charge in [-0.15, -0.1) is 0 Å². The van der Waals surface area contributed by atoms with Crippen LogP contribution in [0.5, 0.6) is 0 Å². The predicted octanol–water partition coefficient (Wildman–Crippen LogP) is 20.9. The van der Waals surface area contributed by atoms with Gasteiger partial charge < -0.3 is 14.4 Å². The fourth-order valence-electron chi connectivity index (χ4n) is 13.6. The second-order valence-corrected chi connectivity index (χ2v) is 23.0. The quantitative estimate of drug-likeness (QED) is 0.150. The first-order valence-corrected chi connectivity index (χ1v) is 27.7. The Morgan fingerprint density at radius 1 is 0.253 bits per heavy atom. The average molecular weight is 1010 g/mol. The summed E-state index contributed by atoms with van der Waals surface area (Å²) >= 11 is 0. The molecule has 0 unspecified atom stereocenters. The van der Waals surface area contributed by atoms with E-state index in [0.717, 1.165) is 34.1 Å². The molecule has 0 radical (unpaired) electrons. The molecule has 2 aliphatic heterocycles. The van der Waals surface area contributed by atoms with Gasteiger partial charge in [0.2, 0.25) is 0 Å². The van der Waals surface area contributed by atoms with Crippen molar-refractivity contribution in [2.75, 3.05) is 9.80 Å². The van der Waals surface area contributed by atoms with Gasteiger partial charge in [0.25, 0.3) is 0 Å². The number of rotatable bonds is 8. The van der Waals surface area contributed by atoms with Crippen LogP contribution in [-0.4, -0.2) is 4.57 Å². The molecule has 0 amide bonds. The topological polar surface area (TPSA) is 11.4 Å². The Morgan fingerprint density at radius 3 is 0.886 bits per heavy atom. The van der Waals surface area contributed by atoms with Crippen LogP contribution in [0.25, 0.3) is 92.8 Å². The molecule has 0 spiro atoms. The van der Waals surface area contributed by atoms with Crippen molar-refractivity contribution in [3.63, 3.8) is 0 Å². The van der Waals surface area contributed by atoms with E-state index in [1.165, 1.54) is 115 Å². The van der Waals surface area contributed by atoms with Crippen LogP contribution in [0.1, 0.15) is 49.9 Å². The highest BCUT2D eigenvalue weighted by molar-refractivity contribution is 6.16. The molecule has 16 rings (SSSR count). The van der Waals surface area contributed by atoms with E-state index in [1.807, 2.05) is 0 Å². The minimum absolute atomic E-state index is 0.249. The summed E-state index contributed by atoms with van der Waals surface area (Å²) in [5.74, 6) is 0. The van der Waals surface area contributed by atoms with Gasteiger partial charge >= 0.3 is 0 Å². The van der Waals surface area contributed by atoms with Crippen LogP contribution in [-0.2, 0) is 10.8 Å². The summed E-state index contributed by atoms with van der Waals surface area (Å²) in [5, 5.41) is 12.4. The van der Waals surface area contributed by atoms with E-state index in [9.17, 15) is 0 Å². The van der Waals surface area contributed by atoms with E-state index in [-0.39, 0.29) is 10.8 Å². The predicted molar refractivity (Wildman–Crippen MR) is 335 cm³/mol. The molecule has 0 fully saturated rings. The highest BCUT2D eigenvalue weighted by atomic mass is 15.1. The Hall–Kier alpha value is -9.70. The monoisotopic (exact) mass is 1010 g/mol. The summed E-state index contributed by atoms with van der Waals surface area (Å²) < 4.78 is 2.65. The van der Waals surface area contributed by atoms with E-state index in [1.54, 1.807) is 0 Å². The van der Waals surface area contributed by atoms with E-state index >= 15 is 0 Å². The van der Waals surface area contributed by atoms with Gasteiger partial charge in [-0.25, -0.2) is 0 Å². The molecule has 0 aliphatic carbocycles. The molecule has 2 aliphatic rings. The molecule has 0 saturated heterocycles. The first kappa shape index (κ1) is 45.5. The van der Waals surface area contributed by atoms with Crippen LogP contribution in [0.3, 0.4) is 0 Å². The van der Waals surface area contributed by atoms with Crippen molar-refractivity contribution in [3.8, 4) is 27.9 Å². The lowest BCUT2D eigenvalue weighted by atomic mass is 9.68. The van der Waals surface area contributed by atoms with Crippen LogP contribution in [0, 0.1) is 0 Å². The minimum Gasteiger partial charge on any atom is -0.310 e. The smallest absolute Gasteiger partial charge is 0.0582 e. The third-order valence-electron chi connectivity index (χ3n) is 17.8. The van der Waals surface area contributed by atoms with Gasteiger partial charge in [-0.3, -0.25) is 0 Å². The lowest BCUT2D eigenvalue weighted by Gasteiger charge is -2.42. The molecule has 0 N–H and O–H groups in total. The molecular weight excluding hydrogens is 955 g/mol. The van der Waals surface area contributed by atoms with Gasteiger partial charge in [-0.2, -0.15) is 0 Å². The number of hydrogen-bond donors (Lipinski definition) is 0. The lowest BCUT2D eigenvalue weighted by Crippen LogP contribution is -2.33. The Labute approximate surface area is 460 Å². The zero-order valence-corrected chi connectivity index (χ0v) is 44.7. The van der Waals surface area contributed by atoms with Gasteiger partial charge in [0.15, 0.2) is 0 Å². The first-order chi connectivity index (χ1) is 38.6. The van der Waals surface area contributed by atoms with Crippen molar-refractivity contribution in [2.45, 2.75) is 38.5 Å². The molecule has 1 aromatic heterocycles. The molecule has 3 nitrogen and oxygen atoms in total. The second-order valence-electron chi connectivity index (χ2n) is 23.0. The maximum absolute atomic E-state index is 2.65. The van der Waals surface area contributed by atoms with Crippen LogP contribution in [0.15, 0.2) is 261 Å². The van der Waals surface area contributed by atoms with Crippen LogP contribution < -0.4 is 9.80 Å². The van der Waals surface area contributed by atoms with Crippen LogP contribution in [0.4, 0.5) is 34.1 Å². The number of para-hydroxylation sites is 1. The number of hydrogen-bond acceptors (Lipinski definition) is 2. The molecule has 0 saturated carbocycles. The van der Waals surface area contributed by atoms with Crippen molar-refractivity contribution in [3.05, 3.63) is 283 Å². The standard InChI is InChI=1S/C76H55N3/c1-75(2)68-22-13-23-69-74(68)79-72-66(44-58(46-70(72)75)52-24-32-60(33-25-52)77(62-36-28-48-14-5-9-18-54(48)40-62)63-37-29-49-15-6-10-19-55(49)41-63)67-45-59(47-71(73(67)79)76(69,3)4)53-26-34-61(35-27-53)78(64-38-30-50-16-7-11-20-56(50)42-64)65-39-31-51-17-8-12-21-57(51)43-65/h5-47H,1-4H3. The Balaban J connectivity index is 0.852. The Bertz CT molecular complexity index is 4380. The number of aromatic nitrogens is 1. The molecule has 79 heavy (non-hydrogen) atoms. The minimum atomic E-state index is -0.249. The summed E-state index contributed by atoms with van der Waals surface area (Å²) in [6.07, 6.45) is 0. The lowest BCUT2D eigenvalue weighted by molar-refractivity contribution is 0.594. The number of benzene rings is 13. The highest BCUT2D eigenvalue weighted by Gasteiger charge is 2.43. The molecule has 0 bridgehead atoms. The molecule has 3 heteroatoms. The van der Waals surface area contributed by atoms with Crippen molar-refractivity contribution in [2.24, 2.45) is 0 Å². The maximum atomic E-state index is 2.65. The third-order valence-corrected chi connectivity index (χ3v) is 17.8. The van der Waals surface area contributed by atoms with E-state index < -0.39 is 0 Å². The normalized spacial score (nSPS) is 13.8. The summed E-state index contributed by atoms with van der Waals surface area (Å²) in [5.41, 5.74) is 20.6. The van der Waals surface area contributed by atoms with Gasteiger partial charge in [-0.1, -0.05) is 191 Å². The molecule has 374 valence electrons. The zero-order chi connectivity index (χ0) is 52.7. The number of nitrogens with zero attached hydrogens (tertiary/aromatic N) is 3. The van der Waals surface area contributed by atoms with Crippen LogP contribution in [0.2, 0.25) is 0 Å². The average Bonchev–Trinajstić information content (AvgIpc) is 2.93. The van der Waals surface area contributed by atoms with Crippen molar-refractivity contribution in [1.82, 2.24) is 4.57 Å². The summed E-state index contributed by atoms with van der Waals surface area (Å²) in [6.45, 7) is 9.74. The summed E-state index contributed by atoms with van der Waals surface area (Å²) in [7, 11) is 0. The van der Waals surface area contributed by atoms with Crippen molar-refractivity contribution < 1.29 is 0 Å². The molecule has 13 aromatic carbocycles. The molecule has 3 heterocycles. The number of fused-ring (bicyclic) bond motifs is 5. The summed E-state index contributed by atoms with van der Waals surface area (Å²) in [4.78, 5) is 4.80. The van der Waals surface area contributed by atoms with E-state index in [0.29, 0.717) is 0 Å². The molecular formula is C76H55N3.